The Morgan fingerprint density at radius 2 is 2.58 bits per heavy atom. The Morgan fingerprint density at radius 1 is 1.75 bits per heavy atom. The Kier molecular flexibility index (Phi) is 3.43. The van der Waals surface area contributed by atoms with Gasteiger partial charge in [-0.25, -0.2) is 0 Å². The fourth-order valence-electron chi connectivity index (χ4n) is 1.15. The smallest absolute Gasteiger partial charge is 0.120 e. The zero-order valence-electron chi connectivity index (χ0n) is 7.21. The summed E-state index contributed by atoms with van der Waals surface area (Å²) in [6, 6.07) is 4.09. The Morgan fingerprint density at radius 3 is 3.08 bits per heavy atom. The summed E-state index contributed by atoms with van der Waals surface area (Å²) in [7, 11) is 1.91. The highest BCUT2D eigenvalue weighted by atomic mass is 16.3. The van der Waals surface area contributed by atoms with E-state index in [1.54, 1.807) is 6.26 Å². The molecular weight excluding hydrogens is 150 g/mol. The summed E-state index contributed by atoms with van der Waals surface area (Å²) in [5.74, 6) is 3.56. The maximum atomic E-state index is 5.25. The molecule has 1 atom stereocenters. The second-order valence-electron chi connectivity index (χ2n) is 2.60. The highest BCUT2D eigenvalue weighted by Gasteiger charge is 2.09. The molecule has 0 aliphatic rings. The summed E-state index contributed by atoms with van der Waals surface area (Å²) >= 11 is 0. The molecule has 1 rings (SSSR count). The predicted molar refractivity (Wildman–Crippen MR) is 48.6 cm³/mol. The SMILES string of the molecule is C#CCCC(NC)c1ccco1. The molecule has 0 aliphatic carbocycles. The molecule has 2 nitrogen and oxygen atoms in total. The lowest BCUT2D eigenvalue weighted by Gasteiger charge is -2.10. The molecule has 1 aromatic rings. The molecule has 0 spiro atoms. The molecule has 0 amide bonds. The van der Waals surface area contributed by atoms with Crippen molar-refractivity contribution in [3.8, 4) is 12.3 Å². The van der Waals surface area contributed by atoms with Crippen molar-refractivity contribution in [2.45, 2.75) is 18.9 Å². The molecule has 0 aliphatic heterocycles. The van der Waals surface area contributed by atoms with Crippen LogP contribution in [0.25, 0.3) is 0 Å². The van der Waals surface area contributed by atoms with Gasteiger partial charge in [-0.15, -0.1) is 12.3 Å². The van der Waals surface area contributed by atoms with E-state index in [9.17, 15) is 0 Å². The summed E-state index contributed by atoms with van der Waals surface area (Å²) in [5.41, 5.74) is 0. The number of terminal acetylenes is 1. The van der Waals surface area contributed by atoms with Crippen molar-refractivity contribution in [1.82, 2.24) is 5.32 Å². The van der Waals surface area contributed by atoms with Crippen molar-refractivity contribution in [3.63, 3.8) is 0 Å². The first-order valence-electron chi connectivity index (χ1n) is 4.02. The molecule has 2 heteroatoms. The van der Waals surface area contributed by atoms with Crippen LogP contribution in [0.2, 0.25) is 0 Å². The quantitative estimate of drug-likeness (QED) is 0.686. The van der Waals surface area contributed by atoms with E-state index in [4.69, 9.17) is 10.8 Å². The second kappa shape index (κ2) is 4.63. The first kappa shape index (κ1) is 8.89. The van der Waals surface area contributed by atoms with Crippen molar-refractivity contribution in [1.29, 1.82) is 0 Å². The Bertz CT molecular complexity index is 245. The Labute approximate surface area is 73.0 Å². The zero-order valence-corrected chi connectivity index (χ0v) is 7.21. The maximum absolute atomic E-state index is 5.25. The second-order valence-corrected chi connectivity index (χ2v) is 2.60. The average Bonchev–Trinajstić information content (AvgIpc) is 2.59. The van der Waals surface area contributed by atoms with Crippen molar-refractivity contribution >= 4 is 0 Å². The topological polar surface area (TPSA) is 25.2 Å². The van der Waals surface area contributed by atoms with Gasteiger partial charge >= 0.3 is 0 Å². The summed E-state index contributed by atoms with van der Waals surface area (Å²) < 4.78 is 5.25. The minimum absolute atomic E-state index is 0.246. The fourth-order valence-corrected chi connectivity index (χ4v) is 1.15. The van der Waals surface area contributed by atoms with E-state index in [0.717, 1.165) is 18.6 Å². The number of hydrogen-bond donors (Lipinski definition) is 1. The van der Waals surface area contributed by atoms with Crippen molar-refractivity contribution < 1.29 is 4.42 Å². The van der Waals surface area contributed by atoms with Crippen LogP contribution in [0.4, 0.5) is 0 Å². The fraction of sp³-hybridized carbons (Fsp3) is 0.400. The van der Waals surface area contributed by atoms with E-state index in [2.05, 4.69) is 11.2 Å². The standard InChI is InChI=1S/C10H13NO/c1-3-4-6-9(11-2)10-7-5-8-12-10/h1,5,7-9,11H,4,6H2,2H3. The molecule has 1 N–H and O–H groups in total. The van der Waals surface area contributed by atoms with Crippen LogP contribution in [-0.4, -0.2) is 7.05 Å². The van der Waals surface area contributed by atoms with Gasteiger partial charge in [0.2, 0.25) is 0 Å². The third-order valence-electron chi connectivity index (χ3n) is 1.81. The lowest BCUT2D eigenvalue weighted by molar-refractivity contribution is 0.418. The van der Waals surface area contributed by atoms with Gasteiger partial charge in [0.15, 0.2) is 0 Å². The molecule has 12 heavy (non-hydrogen) atoms. The molecule has 0 saturated heterocycles. The monoisotopic (exact) mass is 163 g/mol. The molecule has 0 bridgehead atoms. The molecule has 0 radical (unpaired) electrons. The molecule has 1 aromatic heterocycles. The Hall–Kier alpha value is -1.20. The van der Waals surface area contributed by atoms with Crippen LogP contribution in [0, 0.1) is 12.3 Å². The first-order valence-corrected chi connectivity index (χ1v) is 4.02. The summed E-state index contributed by atoms with van der Waals surface area (Å²) in [6.45, 7) is 0. The van der Waals surface area contributed by atoms with Gasteiger partial charge in [0.25, 0.3) is 0 Å². The van der Waals surface area contributed by atoms with E-state index in [1.165, 1.54) is 0 Å². The van der Waals surface area contributed by atoms with Gasteiger partial charge in [0, 0.05) is 6.42 Å². The van der Waals surface area contributed by atoms with E-state index in [-0.39, 0.29) is 6.04 Å². The highest BCUT2D eigenvalue weighted by Crippen LogP contribution is 2.17. The van der Waals surface area contributed by atoms with E-state index in [1.807, 2.05) is 19.2 Å². The normalized spacial score (nSPS) is 12.3. The summed E-state index contributed by atoms with van der Waals surface area (Å²) in [6.07, 6.45) is 8.54. The van der Waals surface area contributed by atoms with E-state index >= 15 is 0 Å². The highest BCUT2D eigenvalue weighted by molar-refractivity contribution is 5.04. The lowest BCUT2D eigenvalue weighted by Crippen LogP contribution is -2.15. The van der Waals surface area contributed by atoms with Gasteiger partial charge in [-0.05, 0) is 25.6 Å². The van der Waals surface area contributed by atoms with Crippen LogP contribution in [-0.2, 0) is 0 Å². The molecule has 0 fully saturated rings. The minimum atomic E-state index is 0.246. The number of nitrogens with one attached hydrogen (secondary N) is 1. The first-order chi connectivity index (χ1) is 5.88. The van der Waals surface area contributed by atoms with Gasteiger partial charge in [-0.1, -0.05) is 0 Å². The summed E-state index contributed by atoms with van der Waals surface area (Å²) in [4.78, 5) is 0. The van der Waals surface area contributed by atoms with Gasteiger partial charge in [0.1, 0.15) is 5.76 Å². The van der Waals surface area contributed by atoms with Crippen LogP contribution < -0.4 is 5.32 Å². The largest absolute Gasteiger partial charge is 0.468 e. The van der Waals surface area contributed by atoms with Crippen LogP contribution >= 0.6 is 0 Å². The van der Waals surface area contributed by atoms with Crippen LogP contribution in [0.15, 0.2) is 22.8 Å². The van der Waals surface area contributed by atoms with E-state index in [0.29, 0.717) is 0 Å². The van der Waals surface area contributed by atoms with Gasteiger partial charge < -0.3 is 9.73 Å². The molecule has 1 heterocycles. The minimum Gasteiger partial charge on any atom is -0.468 e. The number of furan rings is 1. The summed E-state index contributed by atoms with van der Waals surface area (Å²) in [5, 5.41) is 3.15. The van der Waals surface area contributed by atoms with Crippen molar-refractivity contribution in [3.05, 3.63) is 24.2 Å². The zero-order chi connectivity index (χ0) is 8.81. The van der Waals surface area contributed by atoms with Crippen molar-refractivity contribution in [2.24, 2.45) is 0 Å². The van der Waals surface area contributed by atoms with Crippen LogP contribution in [0.5, 0.6) is 0 Å². The third-order valence-corrected chi connectivity index (χ3v) is 1.81. The molecule has 1 unspecified atom stereocenters. The maximum Gasteiger partial charge on any atom is 0.120 e. The third kappa shape index (κ3) is 2.14. The Balaban J connectivity index is 2.52. The number of rotatable bonds is 4. The van der Waals surface area contributed by atoms with Gasteiger partial charge in [-0.2, -0.15) is 0 Å². The predicted octanol–water partition coefficient (Wildman–Crippen LogP) is 1.95. The molecular formula is C10H13NO. The number of hydrogen-bond acceptors (Lipinski definition) is 2. The van der Waals surface area contributed by atoms with Crippen molar-refractivity contribution in [2.75, 3.05) is 7.05 Å². The molecule has 0 aromatic carbocycles. The lowest BCUT2D eigenvalue weighted by atomic mass is 10.1. The van der Waals surface area contributed by atoms with E-state index < -0.39 is 0 Å². The molecule has 64 valence electrons. The average molecular weight is 163 g/mol. The van der Waals surface area contributed by atoms with Gasteiger partial charge in [-0.3, -0.25) is 0 Å². The van der Waals surface area contributed by atoms with Crippen LogP contribution in [0.1, 0.15) is 24.6 Å². The molecule has 0 saturated carbocycles. The van der Waals surface area contributed by atoms with Crippen LogP contribution in [0.3, 0.4) is 0 Å². The van der Waals surface area contributed by atoms with Gasteiger partial charge in [0.05, 0.1) is 12.3 Å².